The second-order valence-corrected chi connectivity index (χ2v) is 6.08. The summed E-state index contributed by atoms with van der Waals surface area (Å²) in [5, 5.41) is 12.7. The Labute approximate surface area is 133 Å². The molecule has 0 atom stereocenters. The lowest BCUT2D eigenvalue weighted by Crippen LogP contribution is -1.99. The van der Waals surface area contributed by atoms with Crippen molar-refractivity contribution >= 4 is 21.4 Å². The van der Waals surface area contributed by atoms with Gasteiger partial charge in [-0.3, -0.25) is 0 Å². The van der Waals surface area contributed by atoms with Crippen molar-refractivity contribution in [1.82, 2.24) is 0 Å². The number of rotatable bonds is 5. The van der Waals surface area contributed by atoms with E-state index in [1.165, 1.54) is 21.2 Å². The Balaban J connectivity index is 2.03. The third-order valence-electron chi connectivity index (χ3n) is 3.65. The van der Waals surface area contributed by atoms with Crippen LogP contribution >= 0.6 is 11.3 Å². The topological polar surface area (TPSA) is 38.7 Å². The number of benzene rings is 2. The smallest absolute Gasteiger partial charge is 0.188 e. The zero-order chi connectivity index (χ0) is 15.5. The molecule has 1 N–H and O–H groups in total. The first-order valence-corrected chi connectivity index (χ1v) is 7.94. The molecule has 0 radical (unpaired) electrons. The summed E-state index contributed by atoms with van der Waals surface area (Å²) in [6.07, 6.45) is 0. The summed E-state index contributed by atoms with van der Waals surface area (Å²) in [5.41, 5.74) is 4.48. The highest BCUT2D eigenvalue weighted by Crippen LogP contribution is 2.37. The molecule has 0 aliphatic rings. The minimum atomic E-state index is 0.0635. The van der Waals surface area contributed by atoms with Crippen LogP contribution in [0.15, 0.2) is 41.8 Å². The maximum absolute atomic E-state index is 9.34. The number of aliphatic hydroxyl groups excluding tert-OH is 1. The molecule has 0 bridgehead atoms. The zero-order valence-electron chi connectivity index (χ0n) is 12.6. The fourth-order valence-electron chi connectivity index (χ4n) is 2.54. The summed E-state index contributed by atoms with van der Waals surface area (Å²) in [7, 11) is 1.61. The number of thiophene rings is 1. The quantitative estimate of drug-likeness (QED) is 0.712. The third-order valence-corrected chi connectivity index (χ3v) is 4.62. The Morgan fingerprint density at radius 1 is 1.09 bits per heavy atom. The molecule has 2 aromatic carbocycles. The van der Waals surface area contributed by atoms with Gasteiger partial charge >= 0.3 is 0 Å². The molecule has 1 heterocycles. The molecular weight excluding hydrogens is 296 g/mol. The molecule has 0 fully saturated rings. The van der Waals surface area contributed by atoms with Gasteiger partial charge in [0.2, 0.25) is 0 Å². The standard InChI is InChI=1S/C18H18O3S/c1-12-7-14(21-11-20-2)4-5-15(12)17-10-22-18-6-3-13(9-19)8-16(17)18/h3-8,10,19H,9,11H2,1-2H3. The summed E-state index contributed by atoms with van der Waals surface area (Å²) in [6.45, 7) is 2.39. The van der Waals surface area contributed by atoms with Gasteiger partial charge in [0, 0.05) is 22.8 Å². The summed E-state index contributed by atoms with van der Waals surface area (Å²) in [4.78, 5) is 0. The van der Waals surface area contributed by atoms with Crippen LogP contribution < -0.4 is 4.74 Å². The lowest BCUT2D eigenvalue weighted by Gasteiger charge is -2.09. The first-order chi connectivity index (χ1) is 10.7. The lowest BCUT2D eigenvalue weighted by atomic mass is 9.99. The maximum atomic E-state index is 9.34. The molecular formula is C18H18O3S. The summed E-state index contributed by atoms with van der Waals surface area (Å²) in [6, 6.07) is 12.2. The first-order valence-electron chi connectivity index (χ1n) is 7.06. The van der Waals surface area contributed by atoms with E-state index >= 15 is 0 Å². The van der Waals surface area contributed by atoms with Crippen LogP contribution in [0.5, 0.6) is 5.75 Å². The maximum Gasteiger partial charge on any atom is 0.188 e. The Bertz CT molecular complexity index is 792. The predicted octanol–water partition coefficient (Wildman–Crippen LogP) is 4.35. The molecule has 0 unspecified atom stereocenters. The second kappa shape index (κ2) is 6.48. The van der Waals surface area contributed by atoms with Gasteiger partial charge in [-0.25, -0.2) is 0 Å². The van der Waals surface area contributed by atoms with Crippen LogP contribution in [0.25, 0.3) is 21.2 Å². The van der Waals surface area contributed by atoms with Crippen molar-refractivity contribution in [2.75, 3.05) is 13.9 Å². The Morgan fingerprint density at radius 2 is 1.95 bits per heavy atom. The molecule has 22 heavy (non-hydrogen) atoms. The average molecular weight is 314 g/mol. The van der Waals surface area contributed by atoms with E-state index < -0.39 is 0 Å². The number of ether oxygens (including phenoxy) is 2. The second-order valence-electron chi connectivity index (χ2n) is 5.17. The molecule has 1 aromatic heterocycles. The number of hydrogen-bond donors (Lipinski definition) is 1. The first kappa shape index (κ1) is 15.0. The van der Waals surface area contributed by atoms with Gasteiger partial charge in [-0.1, -0.05) is 12.1 Å². The molecule has 0 amide bonds. The van der Waals surface area contributed by atoms with Crippen molar-refractivity contribution in [1.29, 1.82) is 0 Å². The molecule has 3 aromatic rings. The number of aliphatic hydroxyl groups is 1. The van der Waals surface area contributed by atoms with Gasteiger partial charge in [0.05, 0.1) is 6.61 Å². The predicted molar refractivity (Wildman–Crippen MR) is 90.4 cm³/mol. The molecule has 114 valence electrons. The Morgan fingerprint density at radius 3 is 2.68 bits per heavy atom. The molecule has 0 saturated heterocycles. The molecule has 4 heteroatoms. The average Bonchev–Trinajstić information content (AvgIpc) is 2.95. The highest BCUT2D eigenvalue weighted by atomic mass is 32.1. The van der Waals surface area contributed by atoms with Gasteiger partial charge in [-0.15, -0.1) is 11.3 Å². The van der Waals surface area contributed by atoms with E-state index in [2.05, 4.69) is 30.5 Å². The fraction of sp³-hybridized carbons (Fsp3) is 0.222. The van der Waals surface area contributed by atoms with Crippen LogP contribution in [0.4, 0.5) is 0 Å². The molecule has 0 saturated carbocycles. The minimum absolute atomic E-state index is 0.0635. The fourth-order valence-corrected chi connectivity index (χ4v) is 3.48. The van der Waals surface area contributed by atoms with Gasteiger partial charge in [-0.2, -0.15) is 0 Å². The van der Waals surface area contributed by atoms with E-state index in [0.717, 1.165) is 16.9 Å². The third kappa shape index (κ3) is 2.86. The normalized spacial score (nSPS) is 11.0. The van der Waals surface area contributed by atoms with Gasteiger partial charge < -0.3 is 14.6 Å². The number of methoxy groups -OCH3 is 1. The van der Waals surface area contributed by atoms with Crippen molar-refractivity contribution in [3.63, 3.8) is 0 Å². The van der Waals surface area contributed by atoms with Crippen molar-refractivity contribution in [2.45, 2.75) is 13.5 Å². The summed E-state index contributed by atoms with van der Waals surface area (Å²) >= 11 is 1.72. The van der Waals surface area contributed by atoms with Crippen molar-refractivity contribution in [3.8, 4) is 16.9 Å². The van der Waals surface area contributed by atoms with E-state index in [-0.39, 0.29) is 13.4 Å². The lowest BCUT2D eigenvalue weighted by molar-refractivity contribution is 0.0511. The van der Waals surface area contributed by atoms with Gasteiger partial charge in [0.25, 0.3) is 0 Å². The van der Waals surface area contributed by atoms with Crippen LogP contribution in [0.1, 0.15) is 11.1 Å². The van der Waals surface area contributed by atoms with Crippen LogP contribution in [0.3, 0.4) is 0 Å². The van der Waals surface area contributed by atoms with Crippen LogP contribution in [0, 0.1) is 6.92 Å². The SMILES string of the molecule is COCOc1ccc(-c2csc3ccc(CO)cc23)c(C)c1. The number of hydrogen-bond acceptors (Lipinski definition) is 4. The highest BCUT2D eigenvalue weighted by molar-refractivity contribution is 7.17. The molecule has 0 aliphatic carbocycles. The van der Waals surface area contributed by atoms with E-state index in [4.69, 9.17) is 9.47 Å². The largest absolute Gasteiger partial charge is 0.468 e. The summed E-state index contributed by atoms with van der Waals surface area (Å²) in [5.74, 6) is 0.804. The van der Waals surface area contributed by atoms with E-state index in [1.54, 1.807) is 18.4 Å². The van der Waals surface area contributed by atoms with E-state index in [9.17, 15) is 5.11 Å². The van der Waals surface area contributed by atoms with E-state index in [1.807, 2.05) is 18.2 Å². The Kier molecular flexibility index (Phi) is 4.43. The molecule has 0 aliphatic heterocycles. The van der Waals surface area contributed by atoms with Gasteiger partial charge in [-0.05, 0) is 53.3 Å². The molecule has 3 rings (SSSR count). The molecule has 0 spiro atoms. The highest BCUT2D eigenvalue weighted by Gasteiger charge is 2.10. The number of aryl methyl sites for hydroxylation is 1. The zero-order valence-corrected chi connectivity index (χ0v) is 13.4. The van der Waals surface area contributed by atoms with Gasteiger partial charge in [0.1, 0.15) is 5.75 Å². The summed E-state index contributed by atoms with van der Waals surface area (Å²) < 4.78 is 11.6. The van der Waals surface area contributed by atoms with E-state index in [0.29, 0.717) is 0 Å². The van der Waals surface area contributed by atoms with Crippen LogP contribution in [-0.4, -0.2) is 19.0 Å². The van der Waals surface area contributed by atoms with Crippen LogP contribution in [-0.2, 0) is 11.3 Å². The monoisotopic (exact) mass is 314 g/mol. The van der Waals surface area contributed by atoms with Crippen LogP contribution in [0.2, 0.25) is 0 Å². The van der Waals surface area contributed by atoms with Crippen molar-refractivity contribution < 1.29 is 14.6 Å². The van der Waals surface area contributed by atoms with Gasteiger partial charge in [0.15, 0.2) is 6.79 Å². The van der Waals surface area contributed by atoms with Crippen molar-refractivity contribution in [3.05, 3.63) is 52.9 Å². The minimum Gasteiger partial charge on any atom is -0.468 e. The number of fused-ring (bicyclic) bond motifs is 1. The Hall–Kier alpha value is -1.88. The molecule has 3 nitrogen and oxygen atoms in total. The van der Waals surface area contributed by atoms with Crippen molar-refractivity contribution in [2.24, 2.45) is 0 Å².